The predicted molar refractivity (Wildman–Crippen MR) is 112 cm³/mol. The van der Waals surface area contributed by atoms with Crippen molar-refractivity contribution in [3.05, 3.63) is 47.2 Å². The Hall–Kier alpha value is -2.63. The van der Waals surface area contributed by atoms with Crippen LogP contribution >= 0.6 is 0 Å². The lowest BCUT2D eigenvalue weighted by Crippen LogP contribution is -2.42. The third kappa shape index (κ3) is 5.68. The monoisotopic (exact) mass is 398 g/mol. The summed E-state index contributed by atoms with van der Waals surface area (Å²) in [5.74, 6) is 0.0560. The summed E-state index contributed by atoms with van der Waals surface area (Å²) in [4.78, 5) is 30.9. The van der Waals surface area contributed by atoms with Gasteiger partial charge in [0.05, 0.1) is 11.6 Å². The maximum Gasteiger partial charge on any atom is 0.410 e. The summed E-state index contributed by atoms with van der Waals surface area (Å²) in [5, 5.41) is 10.4. The number of aliphatic hydroxyl groups is 1. The molecule has 6 nitrogen and oxygen atoms in total. The first-order valence-electron chi connectivity index (χ1n) is 10.2. The first kappa shape index (κ1) is 21.1. The quantitative estimate of drug-likeness (QED) is 0.765. The second kappa shape index (κ2) is 8.80. The van der Waals surface area contributed by atoms with E-state index in [-0.39, 0.29) is 29.6 Å². The first-order valence-corrected chi connectivity index (χ1v) is 10.2. The van der Waals surface area contributed by atoms with E-state index in [1.54, 1.807) is 4.90 Å². The number of Topliss-reactive ketones (excluding diaryl/α,β-unsaturated/α-hetero) is 1. The maximum absolute atomic E-state index is 12.6. The van der Waals surface area contributed by atoms with Crippen molar-refractivity contribution in [2.24, 2.45) is 4.99 Å². The molecule has 1 unspecified atom stereocenters. The second-order valence-corrected chi connectivity index (χ2v) is 8.78. The number of rotatable bonds is 3. The van der Waals surface area contributed by atoms with Crippen LogP contribution in [-0.2, 0) is 9.53 Å². The Balaban J connectivity index is 1.56. The molecule has 1 heterocycles. The fraction of sp³-hybridized carbons (Fsp3) is 0.522. The van der Waals surface area contributed by atoms with E-state index in [1.807, 2.05) is 51.1 Å². The Labute approximate surface area is 172 Å². The predicted octanol–water partition coefficient (Wildman–Crippen LogP) is 4.42. The standard InChI is InChI=1S/C23H30N2O4/c1-23(2,3)29-22(28)25-11-9-18(10-12-25)24-15-19-20(26)13-17(14-21(19)27)16-7-5-4-6-8-16/h4-8,15,17-18,26H,9-14H2,1-3H3. The van der Waals surface area contributed by atoms with E-state index in [2.05, 4.69) is 4.99 Å². The van der Waals surface area contributed by atoms with E-state index in [0.717, 1.165) is 5.56 Å². The Morgan fingerprint density at radius 2 is 1.83 bits per heavy atom. The number of aliphatic hydroxyl groups excluding tert-OH is 1. The van der Waals surface area contributed by atoms with Gasteiger partial charge in [-0.15, -0.1) is 0 Å². The Kier molecular flexibility index (Phi) is 6.40. The normalized spacial score (nSPS) is 21.7. The van der Waals surface area contributed by atoms with Gasteiger partial charge in [0, 0.05) is 32.1 Å². The molecular weight excluding hydrogens is 368 g/mol. The summed E-state index contributed by atoms with van der Waals surface area (Å²) < 4.78 is 5.41. The van der Waals surface area contributed by atoms with Crippen LogP contribution in [0.2, 0.25) is 0 Å². The van der Waals surface area contributed by atoms with Crippen LogP contribution < -0.4 is 0 Å². The van der Waals surface area contributed by atoms with Crippen molar-refractivity contribution in [1.82, 2.24) is 4.90 Å². The van der Waals surface area contributed by atoms with Gasteiger partial charge in [-0.3, -0.25) is 9.79 Å². The number of likely N-dealkylation sites (tertiary alicyclic amines) is 1. The number of ether oxygens (including phenoxy) is 1. The van der Waals surface area contributed by atoms with E-state index in [9.17, 15) is 14.7 Å². The topological polar surface area (TPSA) is 79.2 Å². The molecule has 0 aromatic heterocycles. The van der Waals surface area contributed by atoms with E-state index in [4.69, 9.17) is 4.74 Å². The van der Waals surface area contributed by atoms with Crippen molar-refractivity contribution in [2.45, 2.75) is 64.0 Å². The van der Waals surface area contributed by atoms with Gasteiger partial charge in [-0.2, -0.15) is 0 Å². The largest absolute Gasteiger partial charge is 0.511 e. The average Bonchev–Trinajstić information content (AvgIpc) is 2.67. The minimum Gasteiger partial charge on any atom is -0.511 e. The number of hydrogen-bond acceptors (Lipinski definition) is 5. The van der Waals surface area contributed by atoms with Crippen molar-refractivity contribution in [1.29, 1.82) is 0 Å². The van der Waals surface area contributed by atoms with Gasteiger partial charge in [-0.1, -0.05) is 30.3 Å². The molecule has 2 aliphatic rings. The van der Waals surface area contributed by atoms with Crippen molar-refractivity contribution in [3.8, 4) is 0 Å². The smallest absolute Gasteiger partial charge is 0.410 e. The van der Waals surface area contributed by atoms with Crippen LogP contribution in [0, 0.1) is 0 Å². The van der Waals surface area contributed by atoms with Crippen LogP contribution in [0.25, 0.3) is 0 Å². The van der Waals surface area contributed by atoms with Crippen LogP contribution in [0.3, 0.4) is 0 Å². The zero-order chi connectivity index (χ0) is 21.0. The molecule has 1 N–H and O–H groups in total. The molecule has 156 valence electrons. The highest BCUT2D eigenvalue weighted by Crippen LogP contribution is 2.33. The number of carbonyl (C=O) groups is 2. The van der Waals surface area contributed by atoms with Gasteiger partial charge < -0.3 is 14.7 Å². The van der Waals surface area contributed by atoms with Gasteiger partial charge in [0.15, 0.2) is 5.78 Å². The van der Waals surface area contributed by atoms with Crippen molar-refractivity contribution in [2.75, 3.05) is 13.1 Å². The third-order valence-corrected chi connectivity index (χ3v) is 5.28. The molecule has 3 rings (SSSR count). The number of allylic oxidation sites excluding steroid dienone is 2. The van der Waals surface area contributed by atoms with E-state index < -0.39 is 5.60 Å². The summed E-state index contributed by atoms with van der Waals surface area (Å²) in [7, 11) is 0. The highest BCUT2D eigenvalue weighted by atomic mass is 16.6. The Bertz CT molecular complexity index is 800. The van der Waals surface area contributed by atoms with Crippen LogP contribution in [0.15, 0.2) is 46.7 Å². The molecule has 29 heavy (non-hydrogen) atoms. The van der Waals surface area contributed by atoms with Crippen LogP contribution in [0.5, 0.6) is 0 Å². The van der Waals surface area contributed by atoms with E-state index in [0.29, 0.717) is 44.3 Å². The number of carbonyl (C=O) groups excluding carboxylic acids is 2. The van der Waals surface area contributed by atoms with Crippen LogP contribution in [-0.4, -0.2) is 52.8 Å². The minimum absolute atomic E-state index is 0.0120. The maximum atomic E-state index is 12.6. The van der Waals surface area contributed by atoms with Gasteiger partial charge in [0.25, 0.3) is 0 Å². The fourth-order valence-corrected chi connectivity index (χ4v) is 3.72. The average molecular weight is 399 g/mol. The summed E-state index contributed by atoms with van der Waals surface area (Å²) in [6.45, 7) is 6.71. The molecule has 0 radical (unpaired) electrons. The molecule has 1 saturated heterocycles. The molecule has 1 aromatic carbocycles. The van der Waals surface area contributed by atoms with E-state index in [1.165, 1.54) is 6.21 Å². The molecule has 0 bridgehead atoms. The van der Waals surface area contributed by atoms with Gasteiger partial charge in [-0.25, -0.2) is 4.79 Å². The highest BCUT2D eigenvalue weighted by molar-refractivity contribution is 6.14. The fourth-order valence-electron chi connectivity index (χ4n) is 3.72. The van der Waals surface area contributed by atoms with Crippen LogP contribution in [0.4, 0.5) is 4.79 Å². The summed E-state index contributed by atoms with van der Waals surface area (Å²) in [6, 6.07) is 9.85. The number of benzene rings is 1. The molecule has 6 heteroatoms. The number of ketones is 1. The zero-order valence-electron chi connectivity index (χ0n) is 17.4. The SMILES string of the molecule is CC(C)(C)OC(=O)N1CCC(N=CC2=C(O)CC(c3ccccc3)CC2=O)CC1. The molecule has 1 aliphatic heterocycles. The molecule has 0 saturated carbocycles. The van der Waals surface area contributed by atoms with Crippen molar-refractivity contribution in [3.63, 3.8) is 0 Å². The summed E-state index contributed by atoms with van der Waals surface area (Å²) >= 11 is 0. The number of aliphatic imine (C=N–C) groups is 1. The van der Waals surface area contributed by atoms with Crippen molar-refractivity contribution < 1.29 is 19.4 Å². The molecule has 1 aromatic rings. The molecule has 1 fully saturated rings. The summed E-state index contributed by atoms with van der Waals surface area (Å²) in [5.41, 5.74) is 0.888. The lowest BCUT2D eigenvalue weighted by Gasteiger charge is -2.32. The Morgan fingerprint density at radius 3 is 2.41 bits per heavy atom. The van der Waals surface area contributed by atoms with Gasteiger partial charge in [-0.05, 0) is 45.1 Å². The number of amides is 1. The van der Waals surface area contributed by atoms with Gasteiger partial charge in [0.2, 0.25) is 0 Å². The van der Waals surface area contributed by atoms with Gasteiger partial charge in [0.1, 0.15) is 11.4 Å². The highest BCUT2D eigenvalue weighted by Gasteiger charge is 2.29. The first-order chi connectivity index (χ1) is 13.7. The third-order valence-electron chi connectivity index (χ3n) is 5.28. The molecule has 1 atom stereocenters. The molecular formula is C23H30N2O4. The van der Waals surface area contributed by atoms with Crippen molar-refractivity contribution >= 4 is 18.1 Å². The minimum atomic E-state index is -0.505. The van der Waals surface area contributed by atoms with Crippen LogP contribution in [0.1, 0.15) is 57.9 Å². The Morgan fingerprint density at radius 1 is 1.17 bits per heavy atom. The number of nitrogens with zero attached hydrogens (tertiary/aromatic N) is 2. The molecule has 0 spiro atoms. The lowest BCUT2D eigenvalue weighted by atomic mass is 9.83. The number of piperidine rings is 1. The van der Waals surface area contributed by atoms with E-state index >= 15 is 0 Å². The number of hydrogen-bond donors (Lipinski definition) is 1. The zero-order valence-corrected chi connectivity index (χ0v) is 17.4. The lowest BCUT2D eigenvalue weighted by molar-refractivity contribution is -0.116. The summed E-state index contributed by atoms with van der Waals surface area (Å²) in [6.07, 6.45) is 3.50. The molecule has 1 amide bonds. The second-order valence-electron chi connectivity index (χ2n) is 8.78. The van der Waals surface area contributed by atoms with Gasteiger partial charge >= 0.3 is 6.09 Å². The molecule has 1 aliphatic carbocycles.